The van der Waals surface area contributed by atoms with Crippen molar-refractivity contribution in [1.82, 2.24) is 15.1 Å². The predicted octanol–water partition coefficient (Wildman–Crippen LogP) is 3.30. The zero-order chi connectivity index (χ0) is 18.3. The molecule has 6 nitrogen and oxygen atoms in total. The summed E-state index contributed by atoms with van der Waals surface area (Å²) < 4.78 is 42.3. The van der Waals surface area contributed by atoms with Crippen molar-refractivity contribution in [3.63, 3.8) is 0 Å². The van der Waals surface area contributed by atoms with E-state index in [0.29, 0.717) is 17.8 Å². The third-order valence-electron chi connectivity index (χ3n) is 3.23. The molecule has 2 rings (SSSR count). The number of carbonyl (C=O) groups excluding carboxylic acids is 1. The van der Waals surface area contributed by atoms with Crippen LogP contribution in [0.1, 0.15) is 18.1 Å². The number of hydrogen-bond acceptors (Lipinski definition) is 3. The second-order valence-electron chi connectivity index (χ2n) is 5.32. The van der Waals surface area contributed by atoms with E-state index in [-0.39, 0.29) is 19.2 Å². The van der Waals surface area contributed by atoms with Crippen molar-refractivity contribution < 1.29 is 22.7 Å². The fourth-order valence-corrected chi connectivity index (χ4v) is 2.00. The number of alkyl halides is 3. The van der Waals surface area contributed by atoms with E-state index in [1.54, 1.807) is 41.3 Å². The molecule has 1 aromatic heterocycles. The van der Waals surface area contributed by atoms with Crippen LogP contribution in [0.4, 0.5) is 23.7 Å². The van der Waals surface area contributed by atoms with Crippen LogP contribution in [0, 0.1) is 0 Å². The standard InChI is InChI=1S/C16H19F3N4O2/c1-2-23-9-14(8-21-23)22-15(24)20-7-12-3-5-13(6-4-12)10-25-11-16(17,18)19/h3-6,8-9H,2,7,10-11H2,1H3,(H2,20,22,24). The lowest BCUT2D eigenvalue weighted by Gasteiger charge is -2.09. The van der Waals surface area contributed by atoms with Gasteiger partial charge < -0.3 is 15.4 Å². The Kier molecular flexibility index (Phi) is 6.40. The highest BCUT2D eigenvalue weighted by Crippen LogP contribution is 2.15. The number of aromatic nitrogens is 2. The van der Waals surface area contributed by atoms with E-state index in [0.717, 1.165) is 5.56 Å². The van der Waals surface area contributed by atoms with Crippen LogP contribution in [-0.4, -0.2) is 28.6 Å². The smallest absolute Gasteiger partial charge is 0.367 e. The molecule has 0 saturated heterocycles. The van der Waals surface area contributed by atoms with Crippen molar-refractivity contribution in [2.75, 3.05) is 11.9 Å². The highest BCUT2D eigenvalue weighted by Gasteiger charge is 2.27. The van der Waals surface area contributed by atoms with E-state index < -0.39 is 12.8 Å². The van der Waals surface area contributed by atoms with Crippen LogP contribution in [0.25, 0.3) is 0 Å². The summed E-state index contributed by atoms with van der Waals surface area (Å²) in [6.45, 7) is 1.55. The number of carbonyl (C=O) groups is 1. The Hall–Kier alpha value is -2.55. The van der Waals surface area contributed by atoms with E-state index in [1.807, 2.05) is 6.92 Å². The Bertz CT molecular complexity index is 683. The SMILES string of the molecule is CCn1cc(NC(=O)NCc2ccc(COCC(F)(F)F)cc2)cn1. The average molecular weight is 356 g/mol. The van der Waals surface area contributed by atoms with Crippen molar-refractivity contribution in [3.05, 3.63) is 47.8 Å². The normalized spacial score (nSPS) is 11.4. The molecule has 0 saturated carbocycles. The number of urea groups is 1. The maximum Gasteiger partial charge on any atom is 0.411 e. The van der Waals surface area contributed by atoms with E-state index in [4.69, 9.17) is 0 Å². The Morgan fingerprint density at radius 1 is 1.24 bits per heavy atom. The number of rotatable bonds is 7. The lowest BCUT2D eigenvalue weighted by molar-refractivity contribution is -0.176. The van der Waals surface area contributed by atoms with E-state index in [9.17, 15) is 18.0 Å². The molecule has 25 heavy (non-hydrogen) atoms. The molecule has 0 unspecified atom stereocenters. The molecule has 2 amide bonds. The number of hydrogen-bond donors (Lipinski definition) is 2. The highest BCUT2D eigenvalue weighted by atomic mass is 19.4. The minimum absolute atomic E-state index is 0.116. The summed E-state index contributed by atoms with van der Waals surface area (Å²) in [5.41, 5.74) is 2.04. The van der Waals surface area contributed by atoms with Gasteiger partial charge in [0.15, 0.2) is 0 Å². The fourth-order valence-electron chi connectivity index (χ4n) is 2.00. The highest BCUT2D eigenvalue weighted by molar-refractivity contribution is 5.88. The van der Waals surface area contributed by atoms with Gasteiger partial charge in [-0.15, -0.1) is 0 Å². The molecule has 0 bridgehead atoms. The summed E-state index contributed by atoms with van der Waals surface area (Å²) in [6.07, 6.45) is -1.06. The van der Waals surface area contributed by atoms with Gasteiger partial charge in [-0.05, 0) is 18.1 Å². The molecule has 2 N–H and O–H groups in total. The van der Waals surface area contributed by atoms with Gasteiger partial charge in [0.1, 0.15) is 6.61 Å². The third kappa shape index (κ3) is 6.84. The minimum atomic E-state index is -4.33. The quantitative estimate of drug-likeness (QED) is 0.800. The molecule has 0 spiro atoms. The first-order valence-corrected chi connectivity index (χ1v) is 7.65. The van der Waals surface area contributed by atoms with Gasteiger partial charge in [-0.3, -0.25) is 4.68 Å². The maximum atomic E-state index is 12.0. The van der Waals surface area contributed by atoms with Crippen molar-refractivity contribution in [2.24, 2.45) is 0 Å². The molecule has 0 aliphatic rings. The maximum absolute atomic E-state index is 12.0. The lowest BCUT2D eigenvalue weighted by Crippen LogP contribution is -2.28. The summed E-state index contributed by atoms with van der Waals surface area (Å²) in [5.74, 6) is 0. The van der Waals surface area contributed by atoms with Crippen molar-refractivity contribution in [3.8, 4) is 0 Å². The van der Waals surface area contributed by atoms with Gasteiger partial charge in [0.25, 0.3) is 0 Å². The molecular formula is C16H19F3N4O2. The summed E-state index contributed by atoms with van der Waals surface area (Å²) >= 11 is 0. The molecule has 136 valence electrons. The molecule has 1 heterocycles. The number of anilines is 1. The molecular weight excluding hydrogens is 337 g/mol. The molecule has 0 aliphatic heterocycles. The predicted molar refractivity (Wildman–Crippen MR) is 85.9 cm³/mol. The van der Waals surface area contributed by atoms with Gasteiger partial charge in [-0.25, -0.2) is 4.79 Å². The second-order valence-corrected chi connectivity index (χ2v) is 5.32. The molecule has 0 fully saturated rings. The first kappa shape index (κ1) is 18.8. The van der Waals surface area contributed by atoms with Crippen LogP contribution >= 0.6 is 0 Å². The Morgan fingerprint density at radius 2 is 1.92 bits per heavy atom. The van der Waals surface area contributed by atoms with Crippen LogP contribution in [0.15, 0.2) is 36.7 Å². The largest absolute Gasteiger partial charge is 0.411 e. The molecule has 0 aliphatic carbocycles. The van der Waals surface area contributed by atoms with E-state index in [2.05, 4.69) is 20.5 Å². The average Bonchev–Trinajstić information content (AvgIpc) is 3.00. The molecule has 2 aromatic rings. The molecule has 1 aromatic carbocycles. The zero-order valence-corrected chi connectivity index (χ0v) is 13.6. The van der Waals surface area contributed by atoms with Crippen LogP contribution in [-0.2, 0) is 24.4 Å². The van der Waals surface area contributed by atoms with Gasteiger partial charge in [0.05, 0.1) is 18.5 Å². The monoisotopic (exact) mass is 356 g/mol. The lowest BCUT2D eigenvalue weighted by atomic mass is 10.1. The Balaban J connectivity index is 1.74. The number of ether oxygens (including phenoxy) is 1. The van der Waals surface area contributed by atoms with Crippen LogP contribution in [0.3, 0.4) is 0 Å². The van der Waals surface area contributed by atoms with Crippen molar-refractivity contribution in [1.29, 1.82) is 0 Å². The number of nitrogens with one attached hydrogen (secondary N) is 2. The molecule has 9 heteroatoms. The van der Waals surface area contributed by atoms with Crippen molar-refractivity contribution in [2.45, 2.75) is 32.8 Å². The number of amides is 2. The molecule has 0 atom stereocenters. The number of aryl methyl sites for hydroxylation is 1. The summed E-state index contributed by atoms with van der Waals surface area (Å²) in [4.78, 5) is 11.8. The zero-order valence-electron chi connectivity index (χ0n) is 13.6. The number of nitrogens with zero attached hydrogens (tertiary/aromatic N) is 2. The Morgan fingerprint density at radius 3 is 2.52 bits per heavy atom. The van der Waals surface area contributed by atoms with Crippen LogP contribution < -0.4 is 10.6 Å². The summed E-state index contributed by atoms with van der Waals surface area (Å²) in [7, 11) is 0. The van der Waals surface area contributed by atoms with Crippen LogP contribution in [0.5, 0.6) is 0 Å². The topological polar surface area (TPSA) is 68.2 Å². The second kappa shape index (κ2) is 8.52. The number of benzene rings is 1. The van der Waals surface area contributed by atoms with Gasteiger partial charge in [-0.1, -0.05) is 24.3 Å². The van der Waals surface area contributed by atoms with Crippen molar-refractivity contribution >= 4 is 11.7 Å². The fraction of sp³-hybridized carbons (Fsp3) is 0.375. The summed E-state index contributed by atoms with van der Waals surface area (Å²) in [5, 5.41) is 9.40. The molecule has 0 radical (unpaired) electrons. The van der Waals surface area contributed by atoms with Gasteiger partial charge >= 0.3 is 12.2 Å². The number of halogens is 3. The summed E-state index contributed by atoms with van der Waals surface area (Å²) in [6, 6.07) is 6.41. The van der Waals surface area contributed by atoms with Gasteiger partial charge in [0, 0.05) is 19.3 Å². The third-order valence-corrected chi connectivity index (χ3v) is 3.23. The van der Waals surface area contributed by atoms with Gasteiger partial charge in [-0.2, -0.15) is 18.3 Å². The first-order chi connectivity index (χ1) is 11.9. The van der Waals surface area contributed by atoms with E-state index >= 15 is 0 Å². The van der Waals surface area contributed by atoms with Gasteiger partial charge in [0.2, 0.25) is 0 Å². The Labute approximate surface area is 143 Å². The first-order valence-electron chi connectivity index (χ1n) is 7.65. The van der Waals surface area contributed by atoms with E-state index in [1.165, 1.54) is 0 Å². The van der Waals surface area contributed by atoms with Crippen LogP contribution in [0.2, 0.25) is 0 Å². The minimum Gasteiger partial charge on any atom is -0.367 e.